The molecule has 0 saturated carbocycles. The molecule has 0 fully saturated rings. The van der Waals surface area contributed by atoms with Crippen molar-refractivity contribution in [3.63, 3.8) is 0 Å². The molecule has 0 spiro atoms. The minimum Gasteiger partial charge on any atom is -0.496 e. The van der Waals surface area contributed by atoms with E-state index in [0.717, 1.165) is 11.1 Å². The maximum Gasteiger partial charge on any atom is 0.308 e. The number of hydrogen-bond donors (Lipinski definition) is 1. The molecule has 1 N–H and O–H groups in total. The van der Waals surface area contributed by atoms with Crippen molar-refractivity contribution >= 4 is 18.0 Å². The Hall–Kier alpha value is -2.30. The fraction of sp³-hybridized carbons (Fsp3) is 0.375. The Bertz CT molecular complexity index is 551. The van der Waals surface area contributed by atoms with E-state index in [1.54, 1.807) is 27.2 Å². The van der Waals surface area contributed by atoms with Crippen LogP contribution in [-0.2, 0) is 9.59 Å². The Morgan fingerprint density at radius 2 is 2.10 bits per heavy atom. The number of carbonyl (C=O) groups excluding carboxylic acids is 1. The van der Waals surface area contributed by atoms with Crippen molar-refractivity contribution in [1.29, 1.82) is 0 Å². The summed E-state index contributed by atoms with van der Waals surface area (Å²) in [6.45, 7) is 3.70. The molecule has 0 aliphatic heterocycles. The lowest BCUT2D eigenvalue weighted by atomic mass is 10.1. The van der Waals surface area contributed by atoms with E-state index in [2.05, 4.69) is 0 Å². The largest absolute Gasteiger partial charge is 0.496 e. The molecule has 1 aromatic carbocycles. The topological polar surface area (TPSA) is 66.8 Å². The van der Waals surface area contributed by atoms with Crippen molar-refractivity contribution in [3.8, 4) is 5.75 Å². The molecule has 0 saturated heterocycles. The molecule has 1 aromatic rings. The number of hydrogen-bond acceptors (Lipinski definition) is 3. The predicted molar refractivity (Wildman–Crippen MR) is 81.2 cm³/mol. The summed E-state index contributed by atoms with van der Waals surface area (Å²) in [5, 5.41) is 8.85. The summed E-state index contributed by atoms with van der Waals surface area (Å²) in [4.78, 5) is 24.1. The van der Waals surface area contributed by atoms with Crippen molar-refractivity contribution in [2.45, 2.75) is 13.8 Å². The van der Waals surface area contributed by atoms with Crippen LogP contribution in [0.25, 0.3) is 6.08 Å². The van der Waals surface area contributed by atoms with Gasteiger partial charge < -0.3 is 14.7 Å². The van der Waals surface area contributed by atoms with Gasteiger partial charge in [0.15, 0.2) is 0 Å². The first kappa shape index (κ1) is 16.8. The summed E-state index contributed by atoms with van der Waals surface area (Å²) in [6.07, 6.45) is 3.10. The third-order valence-electron chi connectivity index (χ3n) is 3.14. The molecule has 0 radical (unpaired) electrons. The second kappa shape index (κ2) is 7.47. The van der Waals surface area contributed by atoms with Crippen LogP contribution in [0, 0.1) is 12.8 Å². The summed E-state index contributed by atoms with van der Waals surface area (Å²) in [5.74, 6) is -1.07. The fourth-order valence-corrected chi connectivity index (χ4v) is 1.85. The van der Waals surface area contributed by atoms with Gasteiger partial charge in [0, 0.05) is 25.2 Å². The Morgan fingerprint density at radius 1 is 1.43 bits per heavy atom. The van der Waals surface area contributed by atoms with E-state index in [4.69, 9.17) is 9.84 Å². The average molecular weight is 291 g/mol. The van der Waals surface area contributed by atoms with Crippen molar-refractivity contribution in [2.75, 3.05) is 20.7 Å². The number of nitrogens with zero attached hydrogens (tertiary/aromatic N) is 1. The van der Waals surface area contributed by atoms with Gasteiger partial charge in [-0.3, -0.25) is 9.59 Å². The molecular weight excluding hydrogens is 270 g/mol. The second-order valence-corrected chi connectivity index (χ2v) is 5.04. The highest BCUT2D eigenvalue weighted by molar-refractivity contribution is 5.92. The van der Waals surface area contributed by atoms with Crippen molar-refractivity contribution in [2.24, 2.45) is 5.92 Å². The highest BCUT2D eigenvalue weighted by Crippen LogP contribution is 2.21. The lowest BCUT2D eigenvalue weighted by Crippen LogP contribution is -2.32. The molecule has 5 nitrogen and oxygen atoms in total. The van der Waals surface area contributed by atoms with Gasteiger partial charge in [-0.1, -0.05) is 18.6 Å². The zero-order valence-corrected chi connectivity index (χ0v) is 12.8. The molecule has 1 atom stereocenters. The molecule has 21 heavy (non-hydrogen) atoms. The first-order valence-electron chi connectivity index (χ1n) is 6.65. The predicted octanol–water partition coefficient (Wildman–Crippen LogP) is 2.20. The lowest BCUT2D eigenvalue weighted by molar-refractivity contribution is -0.142. The quantitative estimate of drug-likeness (QED) is 0.816. The van der Waals surface area contributed by atoms with Crippen LogP contribution in [0.3, 0.4) is 0 Å². The maximum absolute atomic E-state index is 12.0. The number of amides is 1. The van der Waals surface area contributed by atoms with E-state index in [1.165, 1.54) is 11.0 Å². The summed E-state index contributed by atoms with van der Waals surface area (Å²) in [5.41, 5.74) is 1.88. The summed E-state index contributed by atoms with van der Waals surface area (Å²) < 4.78 is 5.24. The number of aliphatic carboxylic acids is 1. The van der Waals surface area contributed by atoms with Gasteiger partial charge in [0.25, 0.3) is 0 Å². The molecule has 1 rings (SSSR count). The van der Waals surface area contributed by atoms with Gasteiger partial charge in [-0.15, -0.1) is 0 Å². The van der Waals surface area contributed by atoms with Crippen molar-refractivity contribution in [3.05, 3.63) is 35.4 Å². The van der Waals surface area contributed by atoms with Gasteiger partial charge in [0.2, 0.25) is 5.91 Å². The van der Waals surface area contributed by atoms with E-state index in [-0.39, 0.29) is 12.5 Å². The smallest absolute Gasteiger partial charge is 0.308 e. The monoisotopic (exact) mass is 291 g/mol. The van der Waals surface area contributed by atoms with Crippen LogP contribution in [0.5, 0.6) is 5.75 Å². The number of carbonyl (C=O) groups is 2. The molecular formula is C16H21NO4. The third kappa shape index (κ3) is 4.95. The first-order valence-corrected chi connectivity index (χ1v) is 6.65. The van der Waals surface area contributed by atoms with Gasteiger partial charge in [-0.2, -0.15) is 0 Å². The molecule has 0 aliphatic rings. The van der Waals surface area contributed by atoms with Crippen LogP contribution in [0.1, 0.15) is 18.1 Å². The number of likely N-dealkylation sites (N-methyl/N-ethyl adjacent to an activating group) is 1. The van der Waals surface area contributed by atoms with Crippen LogP contribution in [0.4, 0.5) is 0 Å². The van der Waals surface area contributed by atoms with Crippen molar-refractivity contribution in [1.82, 2.24) is 4.90 Å². The van der Waals surface area contributed by atoms with Crippen molar-refractivity contribution < 1.29 is 19.4 Å². The van der Waals surface area contributed by atoms with E-state index >= 15 is 0 Å². The van der Waals surface area contributed by atoms with Gasteiger partial charge in [0.1, 0.15) is 5.75 Å². The zero-order valence-electron chi connectivity index (χ0n) is 12.8. The molecule has 1 amide bonds. The average Bonchev–Trinajstić information content (AvgIpc) is 2.44. The Labute approximate surface area is 124 Å². The second-order valence-electron chi connectivity index (χ2n) is 5.04. The number of carboxylic acids is 1. The third-order valence-corrected chi connectivity index (χ3v) is 3.14. The van der Waals surface area contributed by atoms with Crippen LogP contribution in [0.2, 0.25) is 0 Å². The van der Waals surface area contributed by atoms with E-state index < -0.39 is 11.9 Å². The zero-order chi connectivity index (χ0) is 16.0. The SMILES string of the molecule is COc1ccc(C)cc1C=CC(=O)N(C)CC(C)C(=O)O. The molecule has 1 unspecified atom stereocenters. The summed E-state index contributed by atoms with van der Waals surface area (Å²) >= 11 is 0. The minimum atomic E-state index is -0.918. The van der Waals surface area contributed by atoms with Gasteiger partial charge in [0.05, 0.1) is 13.0 Å². The summed E-state index contributed by atoms with van der Waals surface area (Å²) in [6, 6.07) is 5.69. The number of ether oxygens (including phenoxy) is 1. The van der Waals surface area contributed by atoms with Crippen LogP contribution < -0.4 is 4.74 Å². The van der Waals surface area contributed by atoms with Crippen LogP contribution in [0.15, 0.2) is 24.3 Å². The first-order chi connectivity index (χ1) is 9.85. The van der Waals surface area contributed by atoms with Gasteiger partial charge >= 0.3 is 5.97 Å². The highest BCUT2D eigenvalue weighted by Gasteiger charge is 2.15. The molecule has 0 heterocycles. The highest BCUT2D eigenvalue weighted by atomic mass is 16.5. The Balaban J connectivity index is 2.78. The van der Waals surface area contributed by atoms with E-state index in [0.29, 0.717) is 5.75 Å². The molecule has 114 valence electrons. The van der Waals surface area contributed by atoms with Gasteiger partial charge in [-0.05, 0) is 25.1 Å². The number of aryl methyl sites for hydroxylation is 1. The maximum atomic E-state index is 12.0. The molecule has 0 aromatic heterocycles. The minimum absolute atomic E-state index is 0.170. The van der Waals surface area contributed by atoms with E-state index in [9.17, 15) is 9.59 Å². The fourth-order valence-electron chi connectivity index (χ4n) is 1.85. The molecule has 0 aliphatic carbocycles. The van der Waals surface area contributed by atoms with E-state index in [1.807, 2.05) is 25.1 Å². The Morgan fingerprint density at radius 3 is 2.67 bits per heavy atom. The molecule has 5 heteroatoms. The van der Waals surface area contributed by atoms with Crippen LogP contribution in [-0.4, -0.2) is 42.6 Å². The molecule has 0 bridgehead atoms. The number of carboxylic acid groups (broad SMARTS) is 1. The summed E-state index contributed by atoms with van der Waals surface area (Å²) in [7, 11) is 3.16. The van der Waals surface area contributed by atoms with Crippen LogP contribution >= 0.6 is 0 Å². The Kier molecular flexibility index (Phi) is 5.96. The lowest BCUT2D eigenvalue weighted by Gasteiger charge is -2.17. The number of benzene rings is 1. The number of rotatable bonds is 6. The standard InChI is InChI=1S/C16H21NO4/c1-11-5-7-14(21-4)13(9-11)6-8-15(18)17(3)10-12(2)16(19)20/h5-9,12H,10H2,1-4H3,(H,19,20). The number of methoxy groups -OCH3 is 1. The normalized spacial score (nSPS) is 12.2. The van der Waals surface area contributed by atoms with Gasteiger partial charge in [-0.25, -0.2) is 0 Å².